The maximum Gasteiger partial charge on any atom is 0.225 e. The Morgan fingerprint density at radius 1 is 1.16 bits per heavy atom. The van der Waals surface area contributed by atoms with Crippen molar-refractivity contribution in [3.05, 3.63) is 65.9 Å². The molecule has 0 spiro atoms. The van der Waals surface area contributed by atoms with Crippen molar-refractivity contribution in [1.29, 1.82) is 0 Å². The second-order valence-electron chi connectivity index (χ2n) is 6.21. The molecule has 0 aliphatic carbocycles. The number of nitrogens with zero attached hydrogens (tertiary/aromatic N) is 1. The van der Waals surface area contributed by atoms with E-state index in [1.54, 1.807) is 6.20 Å². The molecule has 4 rings (SSSR count). The van der Waals surface area contributed by atoms with E-state index in [0.29, 0.717) is 12.1 Å². The minimum atomic E-state index is -0.140. The van der Waals surface area contributed by atoms with Gasteiger partial charge >= 0.3 is 0 Å². The molecular weight excluding hydrogens is 314 g/mol. The molecule has 1 unspecified atom stereocenters. The summed E-state index contributed by atoms with van der Waals surface area (Å²) >= 11 is 0. The van der Waals surface area contributed by atoms with Crippen molar-refractivity contribution in [3.63, 3.8) is 0 Å². The van der Waals surface area contributed by atoms with Crippen molar-refractivity contribution in [1.82, 2.24) is 4.98 Å². The van der Waals surface area contributed by atoms with Crippen molar-refractivity contribution in [3.8, 4) is 0 Å². The van der Waals surface area contributed by atoms with Gasteiger partial charge in [0, 0.05) is 42.2 Å². The van der Waals surface area contributed by atoms with Crippen molar-refractivity contribution < 1.29 is 9.59 Å². The Balaban J connectivity index is 1.84. The lowest BCUT2D eigenvalue weighted by molar-refractivity contribution is -0.116. The van der Waals surface area contributed by atoms with Gasteiger partial charge in [0.25, 0.3) is 0 Å². The summed E-state index contributed by atoms with van der Waals surface area (Å²) in [7, 11) is 0. The van der Waals surface area contributed by atoms with Crippen LogP contribution in [0.3, 0.4) is 0 Å². The molecule has 1 atom stereocenters. The number of nitrogens with one attached hydrogen (secondary N) is 2. The van der Waals surface area contributed by atoms with Crippen LogP contribution in [0.25, 0.3) is 10.9 Å². The van der Waals surface area contributed by atoms with Crippen LogP contribution in [0.5, 0.6) is 0 Å². The minimum Gasteiger partial charge on any atom is -0.326 e. The Hall–Kier alpha value is -3.21. The highest BCUT2D eigenvalue weighted by Gasteiger charge is 2.28. The number of amides is 2. The summed E-state index contributed by atoms with van der Waals surface area (Å²) in [6.07, 6.45) is 2.18. The summed E-state index contributed by atoms with van der Waals surface area (Å²) in [5.74, 6) is -0.208. The fraction of sp³-hybridized carbons (Fsp3) is 0.150. The second-order valence-corrected chi connectivity index (χ2v) is 6.21. The van der Waals surface area contributed by atoms with Crippen LogP contribution in [0, 0.1) is 0 Å². The van der Waals surface area contributed by atoms with Gasteiger partial charge in [0.2, 0.25) is 11.8 Å². The first-order valence-electron chi connectivity index (χ1n) is 8.17. The average molecular weight is 331 g/mol. The molecule has 1 aromatic heterocycles. The Kier molecular flexibility index (Phi) is 3.69. The highest BCUT2D eigenvalue weighted by atomic mass is 16.2. The van der Waals surface area contributed by atoms with E-state index < -0.39 is 0 Å². The number of para-hydroxylation sites is 1. The summed E-state index contributed by atoms with van der Waals surface area (Å²) < 4.78 is 0. The first-order chi connectivity index (χ1) is 12.1. The zero-order chi connectivity index (χ0) is 17.4. The van der Waals surface area contributed by atoms with Crippen LogP contribution in [0.4, 0.5) is 11.4 Å². The van der Waals surface area contributed by atoms with E-state index in [4.69, 9.17) is 0 Å². The van der Waals surface area contributed by atoms with Crippen molar-refractivity contribution in [2.75, 3.05) is 10.6 Å². The van der Waals surface area contributed by atoms with Crippen molar-refractivity contribution in [2.24, 2.45) is 0 Å². The molecule has 2 N–H and O–H groups in total. The van der Waals surface area contributed by atoms with E-state index in [1.807, 2.05) is 48.5 Å². The molecule has 0 fully saturated rings. The smallest absolute Gasteiger partial charge is 0.225 e. The highest BCUT2D eigenvalue weighted by Crippen LogP contribution is 2.40. The van der Waals surface area contributed by atoms with E-state index in [2.05, 4.69) is 15.6 Å². The largest absolute Gasteiger partial charge is 0.326 e. The number of rotatable bonds is 2. The average Bonchev–Trinajstić information content (AvgIpc) is 2.59. The van der Waals surface area contributed by atoms with Gasteiger partial charge < -0.3 is 10.6 Å². The number of carbonyl (C=O) groups excluding carboxylic acids is 2. The lowest BCUT2D eigenvalue weighted by atomic mass is 9.83. The molecule has 0 saturated heterocycles. The fourth-order valence-electron chi connectivity index (χ4n) is 3.45. The van der Waals surface area contributed by atoms with Gasteiger partial charge in [-0.05, 0) is 35.4 Å². The lowest BCUT2D eigenvalue weighted by Crippen LogP contribution is -2.24. The molecule has 0 bridgehead atoms. The molecule has 0 radical (unpaired) electrons. The monoisotopic (exact) mass is 331 g/mol. The molecule has 2 heterocycles. The third kappa shape index (κ3) is 2.85. The van der Waals surface area contributed by atoms with Gasteiger partial charge in [0.15, 0.2) is 0 Å². The zero-order valence-electron chi connectivity index (χ0n) is 13.7. The summed E-state index contributed by atoms with van der Waals surface area (Å²) in [4.78, 5) is 27.9. The van der Waals surface area contributed by atoms with Crippen LogP contribution in [0.15, 0.2) is 54.7 Å². The Bertz CT molecular complexity index is 992. The van der Waals surface area contributed by atoms with E-state index in [9.17, 15) is 9.59 Å². The lowest BCUT2D eigenvalue weighted by Gasteiger charge is -2.27. The first kappa shape index (κ1) is 15.3. The van der Waals surface area contributed by atoms with E-state index >= 15 is 0 Å². The normalized spacial score (nSPS) is 16.2. The number of fused-ring (bicyclic) bond motifs is 2. The summed E-state index contributed by atoms with van der Waals surface area (Å²) in [6, 6.07) is 15.6. The molecular formula is C20H17N3O2. The van der Waals surface area contributed by atoms with E-state index in [-0.39, 0.29) is 17.7 Å². The summed E-state index contributed by atoms with van der Waals surface area (Å²) in [6.45, 7) is 1.46. The predicted molar refractivity (Wildman–Crippen MR) is 97.6 cm³/mol. The van der Waals surface area contributed by atoms with Crippen LogP contribution in [0.1, 0.15) is 30.4 Å². The van der Waals surface area contributed by atoms with Gasteiger partial charge in [-0.1, -0.05) is 24.3 Å². The highest BCUT2D eigenvalue weighted by molar-refractivity contribution is 5.98. The van der Waals surface area contributed by atoms with E-state index in [1.165, 1.54) is 6.92 Å². The molecule has 2 aromatic carbocycles. The van der Waals surface area contributed by atoms with Crippen LogP contribution in [0.2, 0.25) is 0 Å². The first-order valence-corrected chi connectivity index (χ1v) is 8.17. The molecule has 1 aliphatic heterocycles. The Morgan fingerprint density at radius 3 is 2.84 bits per heavy atom. The minimum absolute atomic E-state index is 0.0293. The van der Waals surface area contributed by atoms with Crippen LogP contribution in [-0.2, 0) is 9.59 Å². The van der Waals surface area contributed by atoms with Gasteiger partial charge in [0.1, 0.15) is 0 Å². The quantitative estimate of drug-likeness (QED) is 0.753. The Morgan fingerprint density at radius 2 is 2.00 bits per heavy atom. The third-order valence-corrected chi connectivity index (χ3v) is 4.47. The number of hydrogen-bond donors (Lipinski definition) is 2. The molecule has 124 valence electrons. The molecule has 3 aromatic rings. The van der Waals surface area contributed by atoms with Crippen LogP contribution < -0.4 is 10.6 Å². The summed E-state index contributed by atoms with van der Waals surface area (Å²) in [5.41, 5.74) is 4.47. The molecule has 5 heteroatoms. The second kappa shape index (κ2) is 6.02. The van der Waals surface area contributed by atoms with Crippen molar-refractivity contribution in [2.45, 2.75) is 19.3 Å². The van der Waals surface area contributed by atoms with Gasteiger partial charge in [-0.2, -0.15) is 0 Å². The molecule has 25 heavy (non-hydrogen) atoms. The maximum absolute atomic E-state index is 12.3. The molecule has 5 nitrogen and oxygen atoms in total. The number of anilines is 2. The molecule has 2 amide bonds. The predicted octanol–water partition coefficient (Wildman–Crippen LogP) is 3.67. The SMILES string of the molecule is CC(=O)Nc1ccc2c(c1)NC(=O)CC2c1ccnc2ccccc12. The molecule has 0 saturated carbocycles. The number of pyridine rings is 1. The fourth-order valence-corrected chi connectivity index (χ4v) is 3.45. The maximum atomic E-state index is 12.3. The Labute approximate surface area is 145 Å². The zero-order valence-corrected chi connectivity index (χ0v) is 13.7. The topological polar surface area (TPSA) is 71.1 Å². The summed E-state index contributed by atoms with van der Waals surface area (Å²) in [5, 5.41) is 6.73. The van der Waals surface area contributed by atoms with Gasteiger partial charge in [0.05, 0.1) is 5.52 Å². The third-order valence-electron chi connectivity index (χ3n) is 4.47. The van der Waals surface area contributed by atoms with Gasteiger partial charge in [-0.3, -0.25) is 14.6 Å². The van der Waals surface area contributed by atoms with E-state index in [0.717, 1.165) is 27.7 Å². The van der Waals surface area contributed by atoms with Crippen LogP contribution in [-0.4, -0.2) is 16.8 Å². The van der Waals surface area contributed by atoms with Crippen molar-refractivity contribution >= 4 is 34.1 Å². The van der Waals surface area contributed by atoms with Gasteiger partial charge in [-0.25, -0.2) is 0 Å². The number of benzene rings is 2. The molecule has 1 aliphatic rings. The van der Waals surface area contributed by atoms with Gasteiger partial charge in [-0.15, -0.1) is 0 Å². The number of aromatic nitrogens is 1. The van der Waals surface area contributed by atoms with Crippen LogP contribution >= 0.6 is 0 Å². The standard InChI is InChI=1S/C20H17N3O2/c1-12(24)22-13-6-7-16-17(11-20(25)23-19(16)10-13)14-8-9-21-18-5-3-2-4-15(14)18/h2-10,17H,11H2,1H3,(H,22,24)(H,23,25). The number of hydrogen-bond acceptors (Lipinski definition) is 3. The number of carbonyl (C=O) groups is 2.